The third-order valence-electron chi connectivity index (χ3n) is 8.87. The van der Waals surface area contributed by atoms with Gasteiger partial charge in [-0.15, -0.1) is 0 Å². The van der Waals surface area contributed by atoms with Crippen molar-refractivity contribution < 1.29 is 0 Å². The molecule has 0 fully saturated rings. The van der Waals surface area contributed by atoms with Crippen molar-refractivity contribution in [3.63, 3.8) is 0 Å². The van der Waals surface area contributed by atoms with Gasteiger partial charge in [0.25, 0.3) is 0 Å². The van der Waals surface area contributed by atoms with Crippen molar-refractivity contribution in [1.82, 2.24) is 0 Å². The highest BCUT2D eigenvalue weighted by Gasteiger charge is 2.14. The molecule has 0 saturated heterocycles. The Morgan fingerprint density at radius 1 is 0.489 bits per heavy atom. The Labute approximate surface area is 272 Å². The van der Waals surface area contributed by atoms with E-state index in [2.05, 4.69) is 182 Å². The van der Waals surface area contributed by atoms with Gasteiger partial charge in [-0.25, -0.2) is 0 Å². The van der Waals surface area contributed by atoms with Crippen LogP contribution in [0.1, 0.15) is 72.9 Å². The summed E-state index contributed by atoms with van der Waals surface area (Å²) in [5.41, 5.74) is 13.9. The maximum Gasteiger partial charge on any atom is -0.0105 e. The van der Waals surface area contributed by atoms with Gasteiger partial charge in [-0.2, -0.15) is 0 Å². The Hall–Kier alpha value is -4.42. The van der Waals surface area contributed by atoms with Gasteiger partial charge in [0, 0.05) is 0 Å². The summed E-state index contributed by atoms with van der Waals surface area (Å²) in [5, 5.41) is 2.62. The summed E-state index contributed by atoms with van der Waals surface area (Å²) in [4.78, 5) is 0. The summed E-state index contributed by atoms with van der Waals surface area (Å²) in [6.07, 6.45) is 3.57. The fraction of sp³-hybridized carbons (Fsp3) is 0.244. The van der Waals surface area contributed by atoms with E-state index in [1.807, 2.05) is 0 Å². The van der Waals surface area contributed by atoms with Gasteiger partial charge in [-0.05, 0) is 107 Å². The second-order valence-corrected chi connectivity index (χ2v) is 12.2. The molecule has 0 radical (unpaired) electrons. The van der Waals surface area contributed by atoms with E-state index < -0.39 is 0 Å². The molecule has 0 saturated carbocycles. The largest absolute Gasteiger partial charge is 0.0651 e. The fourth-order valence-corrected chi connectivity index (χ4v) is 5.82. The van der Waals surface area contributed by atoms with Crippen LogP contribution in [0.3, 0.4) is 0 Å². The van der Waals surface area contributed by atoms with Crippen LogP contribution < -0.4 is 0 Å². The van der Waals surface area contributed by atoms with Crippen LogP contribution in [0.2, 0.25) is 0 Å². The zero-order valence-corrected chi connectivity index (χ0v) is 28.4. The SMILES string of the molecule is CCCc1c(-c2ccccc2C)cccc1C(C)CC.Cc1ccc(-c2cccc3ccccc23)cc1.Cc1ccccc1C. The molecule has 0 heteroatoms. The Morgan fingerprint density at radius 2 is 1.02 bits per heavy atom. The highest BCUT2D eigenvalue weighted by atomic mass is 14.2. The second kappa shape index (κ2) is 16.6. The van der Waals surface area contributed by atoms with Gasteiger partial charge in [0.1, 0.15) is 0 Å². The summed E-state index contributed by atoms with van der Waals surface area (Å²) >= 11 is 0. The second-order valence-electron chi connectivity index (χ2n) is 12.2. The molecule has 0 bridgehead atoms. The van der Waals surface area contributed by atoms with Gasteiger partial charge in [-0.1, -0.05) is 166 Å². The maximum absolute atomic E-state index is 2.34. The summed E-state index contributed by atoms with van der Waals surface area (Å²) in [5.74, 6) is 0.639. The van der Waals surface area contributed by atoms with Crippen molar-refractivity contribution in [1.29, 1.82) is 0 Å². The van der Waals surface area contributed by atoms with Gasteiger partial charge < -0.3 is 0 Å². The predicted molar refractivity (Wildman–Crippen MR) is 199 cm³/mol. The monoisotopic (exact) mass is 590 g/mol. The van der Waals surface area contributed by atoms with Gasteiger partial charge in [0.05, 0.1) is 0 Å². The zero-order chi connectivity index (χ0) is 32.2. The van der Waals surface area contributed by atoms with E-state index in [0.717, 1.165) is 0 Å². The van der Waals surface area contributed by atoms with Gasteiger partial charge >= 0.3 is 0 Å². The van der Waals surface area contributed by atoms with E-state index in [1.165, 1.54) is 80.1 Å². The summed E-state index contributed by atoms with van der Waals surface area (Å²) in [6, 6.07) is 47.6. The van der Waals surface area contributed by atoms with Crippen LogP contribution in [-0.2, 0) is 6.42 Å². The topological polar surface area (TPSA) is 0 Å². The molecule has 0 spiro atoms. The molecule has 45 heavy (non-hydrogen) atoms. The fourth-order valence-electron chi connectivity index (χ4n) is 5.82. The highest BCUT2D eigenvalue weighted by molar-refractivity contribution is 5.96. The minimum Gasteiger partial charge on any atom is -0.0651 e. The van der Waals surface area contributed by atoms with E-state index in [4.69, 9.17) is 0 Å². The third kappa shape index (κ3) is 8.83. The van der Waals surface area contributed by atoms with Crippen molar-refractivity contribution in [3.05, 3.63) is 167 Å². The average Bonchev–Trinajstić information content (AvgIpc) is 3.07. The van der Waals surface area contributed by atoms with Crippen molar-refractivity contribution in [2.75, 3.05) is 0 Å². The summed E-state index contributed by atoms with van der Waals surface area (Å²) in [7, 11) is 0. The number of aryl methyl sites for hydroxylation is 4. The Bertz CT molecular complexity index is 1760. The molecule has 0 N–H and O–H groups in total. The van der Waals surface area contributed by atoms with Crippen molar-refractivity contribution in [2.45, 2.75) is 73.6 Å². The highest BCUT2D eigenvalue weighted by Crippen LogP contribution is 2.34. The zero-order valence-electron chi connectivity index (χ0n) is 28.4. The lowest BCUT2D eigenvalue weighted by Gasteiger charge is -2.19. The van der Waals surface area contributed by atoms with Gasteiger partial charge in [-0.3, -0.25) is 0 Å². The predicted octanol–water partition coefficient (Wildman–Crippen LogP) is 13.2. The van der Waals surface area contributed by atoms with Crippen molar-refractivity contribution in [3.8, 4) is 22.3 Å². The smallest absolute Gasteiger partial charge is 0.0105 e. The quantitative estimate of drug-likeness (QED) is 0.181. The lowest BCUT2D eigenvalue weighted by Crippen LogP contribution is -2.01. The Morgan fingerprint density at radius 3 is 1.64 bits per heavy atom. The molecule has 0 heterocycles. The van der Waals surface area contributed by atoms with Crippen LogP contribution in [0.25, 0.3) is 33.0 Å². The van der Waals surface area contributed by atoms with Crippen LogP contribution in [0.5, 0.6) is 0 Å². The van der Waals surface area contributed by atoms with E-state index in [-0.39, 0.29) is 0 Å². The first-order valence-corrected chi connectivity index (χ1v) is 16.6. The molecule has 1 atom stereocenters. The first kappa shape index (κ1) is 33.5. The van der Waals surface area contributed by atoms with Crippen LogP contribution >= 0.6 is 0 Å². The van der Waals surface area contributed by atoms with Crippen LogP contribution in [0.15, 0.2) is 133 Å². The molecule has 0 aliphatic rings. The van der Waals surface area contributed by atoms with Crippen LogP contribution in [0.4, 0.5) is 0 Å². The number of hydrogen-bond donors (Lipinski definition) is 0. The molecular formula is C45H50. The lowest BCUT2D eigenvalue weighted by molar-refractivity contribution is 0.718. The van der Waals surface area contributed by atoms with E-state index in [1.54, 1.807) is 5.56 Å². The number of hydrogen-bond acceptors (Lipinski definition) is 0. The molecule has 6 aromatic carbocycles. The van der Waals surface area contributed by atoms with Gasteiger partial charge in [0.15, 0.2) is 0 Å². The maximum atomic E-state index is 2.34. The lowest BCUT2D eigenvalue weighted by atomic mass is 9.85. The average molecular weight is 591 g/mol. The number of rotatable bonds is 6. The van der Waals surface area contributed by atoms with Crippen molar-refractivity contribution >= 4 is 10.8 Å². The molecule has 0 amide bonds. The number of benzene rings is 6. The van der Waals surface area contributed by atoms with Crippen LogP contribution in [0, 0.1) is 27.7 Å². The molecule has 0 aliphatic heterocycles. The first-order chi connectivity index (χ1) is 21.8. The van der Waals surface area contributed by atoms with E-state index >= 15 is 0 Å². The standard InChI is InChI=1S/C20H26.C17H14.C8H10/c1-5-10-19-17(15(3)6-2)13-9-14-20(19)18-12-8-7-11-16(18)4;1-13-9-11-15(12-10-13)17-8-4-6-14-5-2-3-7-16(14)17;1-7-5-3-4-6-8(7)2/h7-9,11-15H,5-6,10H2,1-4H3;2-12H,1H3;3-6H,1-2H3. The molecule has 0 nitrogen and oxygen atoms in total. The van der Waals surface area contributed by atoms with Crippen molar-refractivity contribution in [2.24, 2.45) is 0 Å². The molecule has 0 aliphatic carbocycles. The molecule has 230 valence electrons. The van der Waals surface area contributed by atoms with Gasteiger partial charge in [0.2, 0.25) is 0 Å². The molecule has 6 aromatic rings. The molecular weight excluding hydrogens is 540 g/mol. The normalized spacial score (nSPS) is 11.2. The van der Waals surface area contributed by atoms with Crippen LogP contribution in [-0.4, -0.2) is 0 Å². The third-order valence-corrected chi connectivity index (χ3v) is 8.87. The first-order valence-electron chi connectivity index (χ1n) is 16.6. The minimum absolute atomic E-state index is 0.639. The molecule has 1 unspecified atom stereocenters. The van der Waals surface area contributed by atoms with E-state index in [9.17, 15) is 0 Å². The van der Waals surface area contributed by atoms with E-state index in [0.29, 0.717) is 5.92 Å². The molecule has 6 rings (SSSR count). The Balaban J connectivity index is 0.000000167. The Kier molecular flexibility index (Phi) is 12.3. The minimum atomic E-state index is 0.639. The summed E-state index contributed by atoms with van der Waals surface area (Å²) < 4.78 is 0. The number of fused-ring (bicyclic) bond motifs is 1. The molecule has 0 aromatic heterocycles. The summed E-state index contributed by atoms with van der Waals surface area (Å²) in [6.45, 7) is 15.5.